The summed E-state index contributed by atoms with van der Waals surface area (Å²) in [5.74, 6) is -0.828. The van der Waals surface area contributed by atoms with Crippen LogP contribution in [0.1, 0.15) is 174 Å². The molecule has 0 aromatic rings. The predicted octanol–water partition coefficient (Wildman–Crippen LogP) is 12.9. The predicted molar refractivity (Wildman–Crippen MR) is 238 cm³/mol. The molecule has 57 heavy (non-hydrogen) atoms. The van der Waals surface area contributed by atoms with Crippen molar-refractivity contribution in [2.75, 3.05) is 47.5 Å². The van der Waals surface area contributed by atoms with E-state index in [1.807, 2.05) is 21.1 Å². The van der Waals surface area contributed by atoms with Crippen LogP contribution in [0, 0.1) is 0 Å². The highest BCUT2D eigenvalue weighted by atomic mass is 31.2. The van der Waals surface area contributed by atoms with Crippen LogP contribution in [0.15, 0.2) is 60.8 Å². The number of phosphoric ester groups is 1. The number of carbonyl (C=O) groups excluding carboxylic acids is 2. The van der Waals surface area contributed by atoms with E-state index in [4.69, 9.17) is 18.5 Å². The second kappa shape index (κ2) is 39.2. The molecule has 0 aromatic heterocycles. The van der Waals surface area contributed by atoms with Crippen LogP contribution >= 0.6 is 7.82 Å². The summed E-state index contributed by atoms with van der Waals surface area (Å²) in [6.07, 6.45) is 46.9. The molecule has 2 atom stereocenters. The Morgan fingerprint density at radius 1 is 0.561 bits per heavy atom. The molecule has 0 fully saturated rings. The van der Waals surface area contributed by atoms with Crippen LogP contribution in [0.5, 0.6) is 0 Å². The fraction of sp³-hybridized carbons (Fsp3) is 0.745. The van der Waals surface area contributed by atoms with Gasteiger partial charge in [0.2, 0.25) is 0 Å². The third-order valence-electron chi connectivity index (χ3n) is 9.31. The van der Waals surface area contributed by atoms with Gasteiger partial charge < -0.3 is 18.9 Å². The third kappa shape index (κ3) is 43.1. The van der Waals surface area contributed by atoms with Gasteiger partial charge in [0, 0.05) is 12.8 Å². The Morgan fingerprint density at radius 2 is 1.00 bits per heavy atom. The molecule has 0 aromatic carbocycles. The zero-order valence-electron chi connectivity index (χ0n) is 37.1. The maximum absolute atomic E-state index is 12.7. The van der Waals surface area contributed by atoms with Gasteiger partial charge >= 0.3 is 19.8 Å². The molecule has 0 aliphatic rings. The SMILES string of the molecule is CC/C=C/C/C=C/C/C=C/C/C=C/C/C=C/CCCCCCC(=O)O[C@H](COC(=O)CCCCCCCCCCCCCCC)COP(=O)(O)OCC[N+](C)(C)C. The number of hydrogen-bond donors (Lipinski definition) is 1. The van der Waals surface area contributed by atoms with E-state index in [9.17, 15) is 19.0 Å². The van der Waals surface area contributed by atoms with Gasteiger partial charge in [-0.3, -0.25) is 18.6 Å². The Hall–Kier alpha value is -2.29. The number of nitrogens with zero attached hydrogens (tertiary/aromatic N) is 1. The number of hydrogen-bond acceptors (Lipinski definition) is 7. The van der Waals surface area contributed by atoms with Crippen LogP contribution in [0.3, 0.4) is 0 Å². The van der Waals surface area contributed by atoms with Crippen LogP contribution < -0.4 is 0 Å². The largest absolute Gasteiger partial charge is 0.472 e. The number of rotatable bonds is 40. The van der Waals surface area contributed by atoms with Crippen molar-refractivity contribution in [1.82, 2.24) is 0 Å². The van der Waals surface area contributed by atoms with Gasteiger partial charge in [-0.05, 0) is 57.8 Å². The maximum atomic E-state index is 12.7. The quantitative estimate of drug-likeness (QED) is 0.0214. The maximum Gasteiger partial charge on any atom is 0.472 e. The van der Waals surface area contributed by atoms with Crippen molar-refractivity contribution in [1.29, 1.82) is 0 Å². The van der Waals surface area contributed by atoms with Gasteiger partial charge in [0.15, 0.2) is 6.10 Å². The molecule has 0 radical (unpaired) electrons. The number of esters is 2. The van der Waals surface area contributed by atoms with Crippen molar-refractivity contribution in [3.8, 4) is 0 Å². The van der Waals surface area contributed by atoms with Crippen LogP contribution in [0.2, 0.25) is 0 Å². The van der Waals surface area contributed by atoms with E-state index in [-0.39, 0.29) is 32.0 Å². The molecule has 0 rings (SSSR count). The molecule has 0 amide bonds. The Bertz CT molecular complexity index is 1160. The molecule has 0 heterocycles. The molecule has 0 bridgehead atoms. The van der Waals surface area contributed by atoms with Crippen LogP contribution in [0.25, 0.3) is 0 Å². The summed E-state index contributed by atoms with van der Waals surface area (Å²) in [6.45, 7) is 4.27. The van der Waals surface area contributed by atoms with E-state index in [0.29, 0.717) is 17.4 Å². The monoisotopic (exact) mass is 823 g/mol. The van der Waals surface area contributed by atoms with Gasteiger partial charge in [-0.15, -0.1) is 0 Å². The molecule has 330 valence electrons. The van der Waals surface area contributed by atoms with Crippen molar-refractivity contribution in [3.63, 3.8) is 0 Å². The summed E-state index contributed by atoms with van der Waals surface area (Å²) in [4.78, 5) is 35.4. The van der Waals surface area contributed by atoms with Gasteiger partial charge in [-0.25, -0.2) is 4.57 Å². The Morgan fingerprint density at radius 3 is 1.49 bits per heavy atom. The minimum Gasteiger partial charge on any atom is -0.462 e. The summed E-state index contributed by atoms with van der Waals surface area (Å²) in [7, 11) is 1.45. The summed E-state index contributed by atoms with van der Waals surface area (Å²) in [5.41, 5.74) is 0. The molecule has 1 N–H and O–H groups in total. The van der Waals surface area contributed by atoms with Gasteiger partial charge in [0.1, 0.15) is 19.8 Å². The van der Waals surface area contributed by atoms with E-state index in [2.05, 4.69) is 74.6 Å². The standard InChI is InChI=1S/C47H84NO8P/c1-6-8-10-12-14-16-18-20-21-22-23-24-25-26-28-30-32-34-36-38-40-47(50)56-45(44-55-57(51,52)54-42-41-48(3,4)5)43-53-46(49)39-37-35-33-31-29-27-19-17-15-13-11-9-7-2/h8,10,14,16,20-21,23-24,26,28,45H,6-7,9,11-13,15,17-19,22,25,27,29-44H2,1-5H3/p+1/b10-8+,16-14+,21-20+,24-23+,28-26+/t45-/m1/s1. The number of allylic oxidation sites excluding steroid dienone is 10. The fourth-order valence-corrected chi connectivity index (χ4v) is 6.55. The molecule has 0 spiro atoms. The number of unbranched alkanes of at least 4 members (excludes halogenated alkanes) is 16. The molecule has 0 aliphatic heterocycles. The lowest BCUT2D eigenvalue weighted by atomic mass is 10.0. The molecule has 10 heteroatoms. The van der Waals surface area contributed by atoms with Crippen molar-refractivity contribution >= 4 is 19.8 Å². The van der Waals surface area contributed by atoms with E-state index in [1.165, 1.54) is 64.2 Å². The van der Waals surface area contributed by atoms with E-state index >= 15 is 0 Å². The molecule has 0 aliphatic carbocycles. The average molecular weight is 823 g/mol. The Labute approximate surface area is 349 Å². The topological polar surface area (TPSA) is 108 Å². The lowest BCUT2D eigenvalue weighted by Crippen LogP contribution is -2.37. The minimum atomic E-state index is -4.38. The smallest absolute Gasteiger partial charge is 0.462 e. The second-order valence-electron chi connectivity index (χ2n) is 16.1. The molecule has 9 nitrogen and oxygen atoms in total. The number of quaternary nitrogens is 1. The molecule has 1 unspecified atom stereocenters. The van der Waals surface area contributed by atoms with Crippen molar-refractivity contribution in [2.24, 2.45) is 0 Å². The summed E-state index contributed by atoms with van der Waals surface area (Å²) in [6, 6.07) is 0. The summed E-state index contributed by atoms with van der Waals surface area (Å²) < 4.78 is 34.3. The molecule has 0 saturated carbocycles. The van der Waals surface area contributed by atoms with Gasteiger partial charge in [0.05, 0.1) is 27.7 Å². The Balaban J connectivity index is 4.40. The molecular formula is C47H85NO8P+. The van der Waals surface area contributed by atoms with E-state index < -0.39 is 26.5 Å². The normalized spacial score (nSPS) is 14.1. The first kappa shape index (κ1) is 54.7. The Kier molecular flexibility index (Phi) is 37.6. The number of ether oxygens (including phenoxy) is 2. The fourth-order valence-electron chi connectivity index (χ4n) is 5.80. The zero-order chi connectivity index (χ0) is 42.1. The zero-order valence-corrected chi connectivity index (χ0v) is 38.0. The first-order chi connectivity index (χ1) is 27.5. The number of carbonyl (C=O) groups is 2. The molecular weight excluding hydrogens is 737 g/mol. The minimum absolute atomic E-state index is 0.0247. The number of phosphoric acid groups is 1. The summed E-state index contributed by atoms with van der Waals surface area (Å²) in [5, 5.41) is 0. The van der Waals surface area contributed by atoms with Gasteiger partial charge in [-0.2, -0.15) is 0 Å². The van der Waals surface area contributed by atoms with Crippen molar-refractivity contribution in [3.05, 3.63) is 60.8 Å². The van der Waals surface area contributed by atoms with Gasteiger partial charge in [0.25, 0.3) is 0 Å². The summed E-state index contributed by atoms with van der Waals surface area (Å²) >= 11 is 0. The first-order valence-electron chi connectivity index (χ1n) is 22.5. The molecule has 0 saturated heterocycles. The van der Waals surface area contributed by atoms with E-state index in [0.717, 1.165) is 77.0 Å². The van der Waals surface area contributed by atoms with Crippen molar-refractivity contribution in [2.45, 2.75) is 180 Å². The van der Waals surface area contributed by atoms with Crippen molar-refractivity contribution < 1.29 is 42.1 Å². The first-order valence-corrected chi connectivity index (χ1v) is 24.0. The highest BCUT2D eigenvalue weighted by Crippen LogP contribution is 2.43. The highest BCUT2D eigenvalue weighted by molar-refractivity contribution is 7.47. The third-order valence-corrected chi connectivity index (χ3v) is 10.3. The van der Waals surface area contributed by atoms with Gasteiger partial charge in [-0.1, -0.05) is 164 Å². The van der Waals surface area contributed by atoms with Crippen LogP contribution in [-0.2, 0) is 32.7 Å². The average Bonchev–Trinajstić information content (AvgIpc) is 3.16. The van der Waals surface area contributed by atoms with E-state index in [1.54, 1.807) is 0 Å². The second-order valence-corrected chi connectivity index (χ2v) is 17.5. The lowest BCUT2D eigenvalue weighted by Gasteiger charge is -2.24. The van der Waals surface area contributed by atoms with Crippen LogP contribution in [0.4, 0.5) is 0 Å². The van der Waals surface area contributed by atoms with Crippen LogP contribution in [-0.4, -0.2) is 74.9 Å². The highest BCUT2D eigenvalue weighted by Gasteiger charge is 2.27. The number of likely N-dealkylation sites (N-methyl/N-ethyl adjacent to an activating group) is 1. The lowest BCUT2D eigenvalue weighted by molar-refractivity contribution is -0.870.